The van der Waals surface area contributed by atoms with Crippen LogP contribution in [0, 0.1) is 13.8 Å². The highest BCUT2D eigenvalue weighted by atomic mass is 32.1. The molecule has 1 N–H and O–H groups in total. The fourth-order valence-electron chi connectivity index (χ4n) is 1.25. The molecule has 0 aromatic carbocycles. The van der Waals surface area contributed by atoms with Crippen LogP contribution in [0.25, 0.3) is 0 Å². The highest BCUT2D eigenvalue weighted by Crippen LogP contribution is 2.11. The second kappa shape index (κ2) is 4.40. The van der Waals surface area contributed by atoms with Crippen LogP contribution in [0.3, 0.4) is 0 Å². The molecule has 0 atom stereocenters. The number of aryl methyl sites for hydroxylation is 2. The van der Waals surface area contributed by atoms with Gasteiger partial charge in [-0.25, -0.2) is 4.98 Å². The number of hydrogen-bond acceptors (Lipinski definition) is 4. The number of hydrogen-bond donors (Lipinski definition) is 1. The van der Waals surface area contributed by atoms with E-state index in [1.165, 1.54) is 0 Å². The molecular formula is C11H13N3S. The summed E-state index contributed by atoms with van der Waals surface area (Å²) in [5.41, 5.74) is 3.15. The largest absolute Gasteiger partial charge is 0.378 e. The number of aromatic nitrogens is 2. The van der Waals surface area contributed by atoms with Crippen LogP contribution in [0.5, 0.6) is 0 Å². The molecule has 4 heteroatoms. The molecule has 2 aromatic rings. The average Bonchev–Trinajstić information content (AvgIpc) is 2.64. The molecule has 0 unspecified atom stereocenters. The van der Waals surface area contributed by atoms with E-state index in [4.69, 9.17) is 0 Å². The molecular weight excluding hydrogens is 206 g/mol. The zero-order valence-electron chi connectivity index (χ0n) is 8.82. The van der Waals surface area contributed by atoms with Crippen LogP contribution in [0.15, 0.2) is 23.7 Å². The number of anilines is 1. The van der Waals surface area contributed by atoms with Gasteiger partial charge in [-0.15, -0.1) is 11.3 Å². The van der Waals surface area contributed by atoms with Crippen molar-refractivity contribution < 1.29 is 0 Å². The van der Waals surface area contributed by atoms with Crippen LogP contribution in [-0.4, -0.2) is 9.97 Å². The minimum atomic E-state index is 0.759. The monoisotopic (exact) mass is 219 g/mol. The fourth-order valence-corrected chi connectivity index (χ4v) is 1.87. The predicted molar refractivity (Wildman–Crippen MR) is 63.2 cm³/mol. The summed E-state index contributed by atoms with van der Waals surface area (Å²) in [6, 6.07) is 4.02. The molecule has 78 valence electrons. The first kappa shape index (κ1) is 10.1. The molecule has 0 radical (unpaired) electrons. The quantitative estimate of drug-likeness (QED) is 0.862. The van der Waals surface area contributed by atoms with Gasteiger partial charge in [-0.05, 0) is 26.0 Å². The van der Waals surface area contributed by atoms with E-state index in [2.05, 4.69) is 20.7 Å². The van der Waals surface area contributed by atoms with Gasteiger partial charge in [0.05, 0.1) is 29.1 Å². The van der Waals surface area contributed by atoms with Gasteiger partial charge >= 0.3 is 0 Å². The molecule has 0 saturated heterocycles. The minimum absolute atomic E-state index is 0.759. The molecule has 0 saturated carbocycles. The lowest BCUT2D eigenvalue weighted by Crippen LogP contribution is -2.00. The zero-order valence-corrected chi connectivity index (χ0v) is 9.64. The Hall–Kier alpha value is -1.42. The summed E-state index contributed by atoms with van der Waals surface area (Å²) in [5.74, 6) is 0. The van der Waals surface area contributed by atoms with Gasteiger partial charge in [-0.3, -0.25) is 4.98 Å². The van der Waals surface area contributed by atoms with Gasteiger partial charge in [0.25, 0.3) is 0 Å². The van der Waals surface area contributed by atoms with Crippen molar-refractivity contribution in [1.82, 2.24) is 9.97 Å². The Morgan fingerprint density at radius 2 is 2.20 bits per heavy atom. The van der Waals surface area contributed by atoms with E-state index in [1.54, 1.807) is 11.3 Å². The van der Waals surface area contributed by atoms with E-state index in [9.17, 15) is 0 Å². The lowest BCUT2D eigenvalue weighted by atomic mass is 10.3. The van der Waals surface area contributed by atoms with E-state index in [0.29, 0.717) is 0 Å². The van der Waals surface area contributed by atoms with Crippen molar-refractivity contribution in [2.24, 2.45) is 0 Å². The molecule has 15 heavy (non-hydrogen) atoms. The smallest absolute Gasteiger partial charge is 0.0898 e. The summed E-state index contributed by atoms with van der Waals surface area (Å²) in [6.07, 6.45) is 1.84. The molecule has 3 nitrogen and oxygen atoms in total. The maximum Gasteiger partial charge on any atom is 0.0898 e. The number of rotatable bonds is 3. The lowest BCUT2D eigenvalue weighted by Gasteiger charge is -2.03. The summed E-state index contributed by atoms with van der Waals surface area (Å²) in [6.45, 7) is 4.75. The predicted octanol–water partition coefficient (Wildman–Crippen LogP) is 2.77. The zero-order chi connectivity index (χ0) is 10.7. The maximum absolute atomic E-state index is 4.38. The highest BCUT2D eigenvalue weighted by Gasteiger charge is 1.98. The van der Waals surface area contributed by atoms with Crippen molar-refractivity contribution in [2.75, 3.05) is 5.32 Å². The lowest BCUT2D eigenvalue weighted by molar-refractivity contribution is 1.05. The Morgan fingerprint density at radius 3 is 2.80 bits per heavy atom. The Bertz CT molecular complexity index is 433. The van der Waals surface area contributed by atoms with E-state index >= 15 is 0 Å². The van der Waals surface area contributed by atoms with E-state index < -0.39 is 0 Å². The Morgan fingerprint density at radius 1 is 1.33 bits per heavy atom. The minimum Gasteiger partial charge on any atom is -0.378 e. The molecule has 2 heterocycles. The SMILES string of the molecule is Cc1ccc(NCc2csc(C)n2)cn1. The van der Waals surface area contributed by atoms with Crippen LogP contribution in [0.1, 0.15) is 16.4 Å². The van der Waals surface area contributed by atoms with Crippen LogP contribution in [0.2, 0.25) is 0 Å². The topological polar surface area (TPSA) is 37.8 Å². The molecule has 2 rings (SSSR count). The van der Waals surface area contributed by atoms with Gasteiger partial charge in [-0.2, -0.15) is 0 Å². The third-order valence-electron chi connectivity index (χ3n) is 2.05. The van der Waals surface area contributed by atoms with Crippen LogP contribution in [-0.2, 0) is 6.54 Å². The molecule has 0 bridgehead atoms. The number of pyridine rings is 1. The van der Waals surface area contributed by atoms with Crippen molar-refractivity contribution in [3.63, 3.8) is 0 Å². The van der Waals surface area contributed by atoms with Gasteiger partial charge in [0.2, 0.25) is 0 Å². The molecule has 0 spiro atoms. The van der Waals surface area contributed by atoms with Gasteiger partial charge in [0.15, 0.2) is 0 Å². The Balaban J connectivity index is 1.96. The molecule has 0 amide bonds. The van der Waals surface area contributed by atoms with Crippen LogP contribution >= 0.6 is 11.3 Å². The van der Waals surface area contributed by atoms with Crippen LogP contribution < -0.4 is 5.32 Å². The third kappa shape index (κ3) is 2.76. The first-order chi connectivity index (χ1) is 7.24. The first-order valence-electron chi connectivity index (χ1n) is 4.81. The number of thiazole rings is 1. The summed E-state index contributed by atoms with van der Waals surface area (Å²) in [7, 11) is 0. The highest BCUT2D eigenvalue weighted by molar-refractivity contribution is 7.09. The van der Waals surface area contributed by atoms with E-state index in [1.807, 2.05) is 32.2 Å². The fraction of sp³-hybridized carbons (Fsp3) is 0.273. The van der Waals surface area contributed by atoms with Gasteiger partial charge in [0, 0.05) is 11.1 Å². The maximum atomic E-state index is 4.38. The molecule has 0 aliphatic carbocycles. The summed E-state index contributed by atoms with van der Waals surface area (Å²) in [5, 5.41) is 6.46. The van der Waals surface area contributed by atoms with Gasteiger partial charge in [-0.1, -0.05) is 0 Å². The number of nitrogens with one attached hydrogen (secondary N) is 1. The second-order valence-corrected chi connectivity index (χ2v) is 4.46. The second-order valence-electron chi connectivity index (χ2n) is 3.40. The van der Waals surface area contributed by atoms with Gasteiger partial charge in [0.1, 0.15) is 0 Å². The third-order valence-corrected chi connectivity index (χ3v) is 2.87. The van der Waals surface area contributed by atoms with Crippen LogP contribution in [0.4, 0.5) is 5.69 Å². The average molecular weight is 219 g/mol. The van der Waals surface area contributed by atoms with Crippen molar-refractivity contribution in [3.05, 3.63) is 40.1 Å². The molecule has 0 aliphatic heterocycles. The summed E-state index contributed by atoms with van der Waals surface area (Å²) < 4.78 is 0. The van der Waals surface area contributed by atoms with Crippen molar-refractivity contribution in [3.8, 4) is 0 Å². The molecule has 2 aromatic heterocycles. The Kier molecular flexibility index (Phi) is 2.97. The molecule has 0 aliphatic rings. The van der Waals surface area contributed by atoms with E-state index in [-0.39, 0.29) is 0 Å². The summed E-state index contributed by atoms with van der Waals surface area (Å²) >= 11 is 1.68. The number of nitrogens with zero attached hydrogens (tertiary/aromatic N) is 2. The first-order valence-corrected chi connectivity index (χ1v) is 5.69. The van der Waals surface area contributed by atoms with Crippen molar-refractivity contribution in [1.29, 1.82) is 0 Å². The molecule has 0 fully saturated rings. The Labute approximate surface area is 93.2 Å². The normalized spacial score (nSPS) is 10.3. The van der Waals surface area contributed by atoms with Crippen molar-refractivity contribution in [2.45, 2.75) is 20.4 Å². The van der Waals surface area contributed by atoms with Crippen molar-refractivity contribution >= 4 is 17.0 Å². The summed E-state index contributed by atoms with van der Waals surface area (Å²) in [4.78, 5) is 8.60. The van der Waals surface area contributed by atoms with Gasteiger partial charge < -0.3 is 5.32 Å². The van der Waals surface area contributed by atoms with E-state index in [0.717, 1.165) is 28.6 Å². The standard InChI is InChI=1S/C11H13N3S/c1-8-3-4-10(5-12-8)13-6-11-7-15-9(2)14-11/h3-5,7,13H,6H2,1-2H3.